The van der Waals surface area contributed by atoms with E-state index in [-0.39, 0.29) is 0 Å². The summed E-state index contributed by atoms with van der Waals surface area (Å²) in [4.78, 5) is 0. The van der Waals surface area contributed by atoms with E-state index in [4.69, 9.17) is 4.74 Å². The zero-order valence-corrected chi connectivity index (χ0v) is 10.2. The first-order valence-electron chi connectivity index (χ1n) is 6.52. The normalized spacial score (nSPS) is 25.6. The standard InChI is InChI=1S/C15H22O/c1-13-7-5-6-10-15(13)16-12-11-14-8-3-2-4-9-14/h2-4,8-9,13,15H,5-7,10-12H2,1H3. The Morgan fingerprint density at radius 3 is 2.62 bits per heavy atom. The average molecular weight is 218 g/mol. The van der Waals surface area contributed by atoms with Crippen molar-refractivity contribution >= 4 is 0 Å². The van der Waals surface area contributed by atoms with Crippen LogP contribution < -0.4 is 0 Å². The van der Waals surface area contributed by atoms with Gasteiger partial charge in [-0.15, -0.1) is 0 Å². The van der Waals surface area contributed by atoms with E-state index in [0.29, 0.717) is 6.10 Å². The van der Waals surface area contributed by atoms with Crippen LogP contribution in [0, 0.1) is 5.92 Å². The molecule has 2 unspecified atom stereocenters. The molecule has 0 spiro atoms. The van der Waals surface area contributed by atoms with Gasteiger partial charge in [-0.05, 0) is 30.7 Å². The van der Waals surface area contributed by atoms with E-state index in [0.717, 1.165) is 18.9 Å². The van der Waals surface area contributed by atoms with Crippen LogP contribution in [0.5, 0.6) is 0 Å². The summed E-state index contributed by atoms with van der Waals surface area (Å²) in [6.07, 6.45) is 6.90. The van der Waals surface area contributed by atoms with Crippen molar-refractivity contribution in [3.8, 4) is 0 Å². The molecule has 88 valence electrons. The number of hydrogen-bond donors (Lipinski definition) is 0. The first kappa shape index (κ1) is 11.7. The summed E-state index contributed by atoms with van der Waals surface area (Å²) in [6.45, 7) is 3.20. The minimum Gasteiger partial charge on any atom is -0.378 e. The molecule has 2 rings (SSSR count). The highest BCUT2D eigenvalue weighted by molar-refractivity contribution is 5.14. The molecule has 0 bridgehead atoms. The number of benzene rings is 1. The Bertz CT molecular complexity index is 294. The summed E-state index contributed by atoms with van der Waals surface area (Å²) in [5.74, 6) is 0.754. The summed E-state index contributed by atoms with van der Waals surface area (Å²) in [5, 5.41) is 0. The summed E-state index contributed by atoms with van der Waals surface area (Å²) in [6, 6.07) is 10.6. The van der Waals surface area contributed by atoms with E-state index in [1.807, 2.05) is 0 Å². The van der Waals surface area contributed by atoms with E-state index in [9.17, 15) is 0 Å². The molecule has 0 saturated heterocycles. The quantitative estimate of drug-likeness (QED) is 0.746. The molecule has 1 aromatic rings. The topological polar surface area (TPSA) is 9.23 Å². The fourth-order valence-electron chi connectivity index (χ4n) is 2.50. The van der Waals surface area contributed by atoms with Gasteiger partial charge in [-0.25, -0.2) is 0 Å². The van der Waals surface area contributed by atoms with Crippen LogP contribution in [0.1, 0.15) is 38.2 Å². The maximum Gasteiger partial charge on any atom is 0.0600 e. The second kappa shape index (κ2) is 6.05. The predicted molar refractivity (Wildman–Crippen MR) is 67.5 cm³/mol. The summed E-state index contributed by atoms with van der Waals surface area (Å²) < 4.78 is 6.00. The Hall–Kier alpha value is -0.820. The molecular formula is C15H22O. The molecule has 1 nitrogen and oxygen atoms in total. The molecule has 1 aliphatic rings. The minimum atomic E-state index is 0.512. The van der Waals surface area contributed by atoms with Crippen LogP contribution in [0.15, 0.2) is 30.3 Å². The van der Waals surface area contributed by atoms with Crippen LogP contribution in [-0.2, 0) is 11.2 Å². The van der Waals surface area contributed by atoms with Crippen molar-refractivity contribution in [2.75, 3.05) is 6.61 Å². The van der Waals surface area contributed by atoms with Gasteiger partial charge in [0.05, 0.1) is 12.7 Å². The van der Waals surface area contributed by atoms with Crippen LogP contribution >= 0.6 is 0 Å². The van der Waals surface area contributed by atoms with Gasteiger partial charge in [0.1, 0.15) is 0 Å². The molecule has 1 fully saturated rings. The van der Waals surface area contributed by atoms with Gasteiger partial charge in [0.2, 0.25) is 0 Å². The monoisotopic (exact) mass is 218 g/mol. The molecule has 1 aliphatic carbocycles. The Labute approximate surface area is 98.8 Å². The first-order valence-corrected chi connectivity index (χ1v) is 6.52. The molecular weight excluding hydrogens is 196 g/mol. The van der Waals surface area contributed by atoms with Crippen LogP contribution in [0.2, 0.25) is 0 Å². The van der Waals surface area contributed by atoms with E-state index < -0.39 is 0 Å². The van der Waals surface area contributed by atoms with Crippen LogP contribution in [-0.4, -0.2) is 12.7 Å². The summed E-state index contributed by atoms with van der Waals surface area (Å²) in [5.41, 5.74) is 1.38. The van der Waals surface area contributed by atoms with E-state index >= 15 is 0 Å². The highest BCUT2D eigenvalue weighted by Crippen LogP contribution is 2.26. The van der Waals surface area contributed by atoms with Crippen molar-refractivity contribution in [2.45, 2.75) is 45.1 Å². The highest BCUT2D eigenvalue weighted by Gasteiger charge is 2.21. The Kier molecular flexibility index (Phi) is 4.41. The van der Waals surface area contributed by atoms with Crippen molar-refractivity contribution in [1.82, 2.24) is 0 Å². The van der Waals surface area contributed by atoms with Crippen LogP contribution in [0.4, 0.5) is 0 Å². The van der Waals surface area contributed by atoms with Crippen molar-refractivity contribution in [3.63, 3.8) is 0 Å². The number of hydrogen-bond acceptors (Lipinski definition) is 1. The maximum absolute atomic E-state index is 6.00. The summed E-state index contributed by atoms with van der Waals surface area (Å²) in [7, 11) is 0. The minimum absolute atomic E-state index is 0.512. The highest BCUT2D eigenvalue weighted by atomic mass is 16.5. The molecule has 0 aromatic heterocycles. The molecule has 0 amide bonds. The lowest BCUT2D eigenvalue weighted by atomic mass is 9.88. The molecule has 1 aromatic carbocycles. The van der Waals surface area contributed by atoms with Gasteiger partial charge in [0.15, 0.2) is 0 Å². The molecule has 1 saturated carbocycles. The zero-order chi connectivity index (χ0) is 11.2. The van der Waals surface area contributed by atoms with Crippen molar-refractivity contribution in [1.29, 1.82) is 0 Å². The van der Waals surface area contributed by atoms with Crippen LogP contribution in [0.3, 0.4) is 0 Å². The van der Waals surface area contributed by atoms with Crippen molar-refractivity contribution < 1.29 is 4.74 Å². The average Bonchev–Trinajstić information content (AvgIpc) is 2.33. The fourth-order valence-corrected chi connectivity index (χ4v) is 2.50. The maximum atomic E-state index is 6.00. The molecule has 16 heavy (non-hydrogen) atoms. The second-order valence-electron chi connectivity index (χ2n) is 4.91. The van der Waals surface area contributed by atoms with Gasteiger partial charge in [-0.3, -0.25) is 0 Å². The molecule has 0 radical (unpaired) electrons. The third-order valence-electron chi connectivity index (χ3n) is 3.60. The Morgan fingerprint density at radius 1 is 1.12 bits per heavy atom. The third-order valence-corrected chi connectivity index (χ3v) is 3.60. The van der Waals surface area contributed by atoms with Gasteiger partial charge in [-0.1, -0.05) is 50.1 Å². The predicted octanol–water partition coefficient (Wildman–Crippen LogP) is 3.82. The van der Waals surface area contributed by atoms with Crippen LogP contribution in [0.25, 0.3) is 0 Å². The lowest BCUT2D eigenvalue weighted by Gasteiger charge is -2.28. The number of ether oxygens (including phenoxy) is 1. The van der Waals surface area contributed by atoms with E-state index in [2.05, 4.69) is 37.3 Å². The van der Waals surface area contributed by atoms with Crippen molar-refractivity contribution in [3.05, 3.63) is 35.9 Å². The molecule has 0 N–H and O–H groups in total. The fraction of sp³-hybridized carbons (Fsp3) is 0.600. The summed E-state index contributed by atoms with van der Waals surface area (Å²) >= 11 is 0. The van der Waals surface area contributed by atoms with Gasteiger partial charge < -0.3 is 4.74 Å². The van der Waals surface area contributed by atoms with Crippen molar-refractivity contribution in [2.24, 2.45) is 5.92 Å². The lowest BCUT2D eigenvalue weighted by molar-refractivity contribution is -0.00333. The van der Waals surface area contributed by atoms with Gasteiger partial charge >= 0.3 is 0 Å². The molecule has 0 aliphatic heterocycles. The van der Waals surface area contributed by atoms with E-state index in [1.165, 1.54) is 31.2 Å². The SMILES string of the molecule is CC1CCCCC1OCCc1ccccc1. The molecule has 1 heteroatoms. The first-order chi connectivity index (χ1) is 7.86. The smallest absolute Gasteiger partial charge is 0.0600 e. The molecule has 2 atom stereocenters. The third kappa shape index (κ3) is 3.34. The van der Waals surface area contributed by atoms with Gasteiger partial charge in [-0.2, -0.15) is 0 Å². The zero-order valence-electron chi connectivity index (χ0n) is 10.2. The Morgan fingerprint density at radius 2 is 1.88 bits per heavy atom. The second-order valence-corrected chi connectivity index (χ2v) is 4.91. The lowest BCUT2D eigenvalue weighted by Crippen LogP contribution is -2.26. The number of rotatable bonds is 4. The Balaban J connectivity index is 1.71. The largest absolute Gasteiger partial charge is 0.378 e. The van der Waals surface area contributed by atoms with Gasteiger partial charge in [0.25, 0.3) is 0 Å². The molecule has 0 heterocycles. The van der Waals surface area contributed by atoms with E-state index in [1.54, 1.807) is 0 Å². The van der Waals surface area contributed by atoms with Gasteiger partial charge in [0, 0.05) is 0 Å².